The van der Waals surface area contributed by atoms with E-state index in [1.54, 1.807) is 0 Å². The first-order valence-electron chi connectivity index (χ1n) is 2.72. The van der Waals surface area contributed by atoms with E-state index in [1.165, 1.54) is 0 Å². The van der Waals surface area contributed by atoms with Crippen molar-refractivity contribution in [2.75, 3.05) is 12.4 Å². The lowest BCUT2D eigenvalue weighted by Crippen LogP contribution is -2.22. The van der Waals surface area contributed by atoms with Gasteiger partial charge in [-0.05, 0) is 13.0 Å². The van der Waals surface area contributed by atoms with Gasteiger partial charge >= 0.3 is 0 Å². The van der Waals surface area contributed by atoms with Crippen LogP contribution in [0.2, 0.25) is 0 Å². The highest BCUT2D eigenvalue weighted by Gasteiger charge is 2.00. The van der Waals surface area contributed by atoms with Crippen LogP contribution >= 0.6 is 0 Å². The van der Waals surface area contributed by atoms with Gasteiger partial charge in [0.05, 0.1) is 0 Å². The number of rotatable bonds is 4. The van der Waals surface area contributed by atoms with E-state index in [4.69, 9.17) is 4.55 Å². The van der Waals surface area contributed by atoms with E-state index < -0.39 is 10.1 Å². The Kier molecular flexibility index (Phi) is 3.76. The van der Waals surface area contributed by atoms with Gasteiger partial charge in [-0.3, -0.25) is 4.55 Å². The molecule has 0 spiro atoms. The van der Waals surface area contributed by atoms with E-state index in [9.17, 15) is 8.42 Å². The third kappa shape index (κ3) is 7.87. The molecule has 0 rings (SSSR count). The first-order chi connectivity index (χ1) is 4.06. The normalized spacial score (nSPS) is 11.8. The van der Waals surface area contributed by atoms with E-state index in [-0.39, 0.29) is 5.88 Å². The zero-order chi connectivity index (χ0) is 7.33. The van der Waals surface area contributed by atoms with Gasteiger partial charge in [0.1, 0.15) is 5.88 Å². The van der Waals surface area contributed by atoms with Gasteiger partial charge in [0, 0.05) is 0 Å². The van der Waals surface area contributed by atoms with Crippen LogP contribution in [0.3, 0.4) is 0 Å². The van der Waals surface area contributed by atoms with E-state index in [2.05, 4.69) is 5.32 Å². The summed E-state index contributed by atoms with van der Waals surface area (Å²) in [5, 5.41) is 2.54. The largest absolute Gasteiger partial charge is 0.302 e. The van der Waals surface area contributed by atoms with Crippen molar-refractivity contribution >= 4 is 10.1 Å². The van der Waals surface area contributed by atoms with Crippen molar-refractivity contribution in [3.05, 3.63) is 0 Å². The Hall–Kier alpha value is -0.130. The number of nitrogens with one attached hydrogen (secondary N) is 1. The predicted octanol–water partition coefficient (Wildman–Crippen LogP) is -0.169. The second-order valence-corrected chi connectivity index (χ2v) is 3.18. The zero-order valence-corrected chi connectivity index (χ0v) is 6.11. The van der Waals surface area contributed by atoms with Gasteiger partial charge in [-0.15, -0.1) is 0 Å². The molecule has 0 fully saturated rings. The topological polar surface area (TPSA) is 66.4 Å². The molecule has 0 heterocycles. The van der Waals surface area contributed by atoms with E-state index in [0.29, 0.717) is 6.54 Å². The lowest BCUT2D eigenvalue weighted by molar-refractivity contribution is 0.476. The molecule has 0 aromatic carbocycles. The first-order valence-corrected chi connectivity index (χ1v) is 4.33. The average Bonchev–Trinajstić information content (AvgIpc) is 1.63. The molecule has 0 radical (unpaired) electrons. The summed E-state index contributed by atoms with van der Waals surface area (Å²) in [6, 6.07) is 0. The van der Waals surface area contributed by atoms with Crippen LogP contribution in [-0.4, -0.2) is 25.4 Å². The van der Waals surface area contributed by atoms with Gasteiger partial charge in [-0.2, -0.15) is 8.42 Å². The molecule has 0 aliphatic heterocycles. The Morgan fingerprint density at radius 1 is 1.56 bits per heavy atom. The van der Waals surface area contributed by atoms with Crippen LogP contribution in [0.5, 0.6) is 0 Å². The molecular weight excluding hydrogens is 142 g/mol. The van der Waals surface area contributed by atoms with Crippen molar-refractivity contribution in [1.82, 2.24) is 5.32 Å². The molecule has 56 valence electrons. The predicted molar refractivity (Wildman–Crippen MR) is 34.7 cm³/mol. The third-order valence-corrected chi connectivity index (χ3v) is 1.28. The molecule has 0 saturated heterocycles. The molecule has 4 nitrogen and oxygen atoms in total. The highest BCUT2D eigenvalue weighted by molar-refractivity contribution is 7.85. The molecule has 0 atom stereocenters. The maximum Gasteiger partial charge on any atom is 0.278 e. The summed E-state index contributed by atoms with van der Waals surface area (Å²) in [7, 11) is -3.81. The number of hydrogen-bond acceptors (Lipinski definition) is 3. The first kappa shape index (κ1) is 8.87. The van der Waals surface area contributed by atoms with Crippen LogP contribution in [0.25, 0.3) is 0 Å². The lowest BCUT2D eigenvalue weighted by atomic mass is 10.5. The fraction of sp³-hybridized carbons (Fsp3) is 1.00. The minimum Gasteiger partial charge on any atom is -0.302 e. The minimum absolute atomic E-state index is 0.346. The summed E-state index contributed by atoms with van der Waals surface area (Å²) < 4.78 is 28.2. The van der Waals surface area contributed by atoms with Crippen molar-refractivity contribution in [3.63, 3.8) is 0 Å². The van der Waals surface area contributed by atoms with Gasteiger partial charge in [0.15, 0.2) is 0 Å². The molecule has 0 unspecified atom stereocenters. The molecule has 2 N–H and O–H groups in total. The molecule has 0 amide bonds. The number of hydrogen-bond donors (Lipinski definition) is 2. The average molecular weight is 153 g/mol. The third-order valence-electron chi connectivity index (χ3n) is 0.711. The molecular formula is C4H11NO3S. The zero-order valence-electron chi connectivity index (χ0n) is 5.29. The second-order valence-electron chi connectivity index (χ2n) is 1.73. The van der Waals surface area contributed by atoms with Crippen LogP contribution in [0, 0.1) is 0 Å². The van der Waals surface area contributed by atoms with Gasteiger partial charge in [0.2, 0.25) is 0 Å². The Balaban J connectivity index is 3.30. The fourth-order valence-corrected chi connectivity index (χ4v) is 0.780. The monoisotopic (exact) mass is 153 g/mol. The van der Waals surface area contributed by atoms with Crippen molar-refractivity contribution in [2.45, 2.75) is 13.3 Å². The highest BCUT2D eigenvalue weighted by atomic mass is 32.2. The highest BCUT2D eigenvalue weighted by Crippen LogP contribution is 1.76. The molecule has 0 aromatic rings. The molecule has 5 heteroatoms. The molecule has 0 aliphatic rings. The van der Waals surface area contributed by atoms with Gasteiger partial charge in [-0.1, -0.05) is 6.92 Å². The smallest absolute Gasteiger partial charge is 0.278 e. The summed E-state index contributed by atoms with van der Waals surface area (Å²) in [4.78, 5) is 0. The summed E-state index contributed by atoms with van der Waals surface area (Å²) in [6.07, 6.45) is 0.857. The Morgan fingerprint density at radius 2 is 2.11 bits per heavy atom. The van der Waals surface area contributed by atoms with Crippen LogP contribution in [0.15, 0.2) is 0 Å². The van der Waals surface area contributed by atoms with Crippen molar-refractivity contribution in [1.29, 1.82) is 0 Å². The fourth-order valence-electron chi connectivity index (χ4n) is 0.378. The SMILES string of the molecule is CCCNCS(=O)(=O)O. The summed E-state index contributed by atoms with van der Waals surface area (Å²) in [6.45, 7) is 2.52. The Morgan fingerprint density at radius 3 is 2.44 bits per heavy atom. The van der Waals surface area contributed by atoms with Crippen molar-refractivity contribution in [2.24, 2.45) is 0 Å². The quantitative estimate of drug-likeness (QED) is 0.435. The van der Waals surface area contributed by atoms with Crippen LogP contribution in [0.1, 0.15) is 13.3 Å². The van der Waals surface area contributed by atoms with E-state index in [0.717, 1.165) is 6.42 Å². The molecule has 0 aliphatic carbocycles. The van der Waals surface area contributed by atoms with E-state index >= 15 is 0 Å². The summed E-state index contributed by atoms with van der Waals surface area (Å²) >= 11 is 0. The Bertz CT molecular complexity index is 151. The van der Waals surface area contributed by atoms with E-state index in [1.807, 2.05) is 6.92 Å². The molecule has 0 bridgehead atoms. The molecule has 0 saturated carbocycles. The van der Waals surface area contributed by atoms with Gasteiger partial charge < -0.3 is 5.32 Å². The van der Waals surface area contributed by atoms with Crippen LogP contribution < -0.4 is 5.32 Å². The Labute approximate surface area is 55.0 Å². The molecule has 0 aromatic heterocycles. The van der Waals surface area contributed by atoms with Gasteiger partial charge in [0.25, 0.3) is 10.1 Å². The summed E-state index contributed by atoms with van der Waals surface area (Å²) in [5.74, 6) is -0.346. The van der Waals surface area contributed by atoms with Crippen molar-refractivity contribution in [3.8, 4) is 0 Å². The maximum absolute atomic E-state index is 10.00. The minimum atomic E-state index is -3.81. The standard InChI is InChI=1S/C4H11NO3S/c1-2-3-5-4-9(6,7)8/h5H,2-4H2,1H3,(H,6,7,8). The maximum atomic E-state index is 10.00. The van der Waals surface area contributed by atoms with Crippen LogP contribution in [0.4, 0.5) is 0 Å². The molecule has 9 heavy (non-hydrogen) atoms. The van der Waals surface area contributed by atoms with Crippen molar-refractivity contribution < 1.29 is 13.0 Å². The lowest BCUT2D eigenvalue weighted by Gasteiger charge is -1.96. The van der Waals surface area contributed by atoms with Crippen LogP contribution in [-0.2, 0) is 10.1 Å². The summed E-state index contributed by atoms with van der Waals surface area (Å²) in [5.41, 5.74) is 0. The van der Waals surface area contributed by atoms with Gasteiger partial charge in [-0.25, -0.2) is 0 Å². The second kappa shape index (κ2) is 3.81.